The summed E-state index contributed by atoms with van der Waals surface area (Å²) in [6.07, 6.45) is 1.79. The van der Waals surface area contributed by atoms with Gasteiger partial charge in [-0.05, 0) is 43.5 Å². The molecule has 2 N–H and O–H groups in total. The SMILES string of the molecule is CCc1ccc(OC)c(C(C(=O)O)C2CCNC2)c1. The van der Waals surface area contributed by atoms with Crippen molar-refractivity contribution in [2.75, 3.05) is 20.2 Å². The van der Waals surface area contributed by atoms with E-state index in [-0.39, 0.29) is 5.92 Å². The van der Waals surface area contributed by atoms with E-state index in [2.05, 4.69) is 12.2 Å². The van der Waals surface area contributed by atoms with Crippen molar-refractivity contribution in [3.05, 3.63) is 29.3 Å². The Morgan fingerprint density at radius 1 is 1.58 bits per heavy atom. The minimum absolute atomic E-state index is 0.138. The average molecular weight is 263 g/mol. The van der Waals surface area contributed by atoms with Gasteiger partial charge in [-0.1, -0.05) is 19.1 Å². The van der Waals surface area contributed by atoms with E-state index in [4.69, 9.17) is 4.74 Å². The number of hydrogen-bond donors (Lipinski definition) is 2. The number of aryl methyl sites for hydroxylation is 1. The van der Waals surface area contributed by atoms with Gasteiger partial charge in [-0.3, -0.25) is 4.79 Å². The summed E-state index contributed by atoms with van der Waals surface area (Å²) in [5.41, 5.74) is 1.95. The molecule has 2 unspecified atom stereocenters. The second kappa shape index (κ2) is 6.06. The fourth-order valence-electron chi connectivity index (χ4n) is 2.80. The average Bonchev–Trinajstić information content (AvgIpc) is 2.92. The number of rotatable bonds is 5. The first-order valence-electron chi connectivity index (χ1n) is 6.77. The van der Waals surface area contributed by atoms with Gasteiger partial charge in [0, 0.05) is 5.56 Å². The lowest BCUT2D eigenvalue weighted by Gasteiger charge is -2.22. The number of hydrogen-bond acceptors (Lipinski definition) is 3. The molecule has 0 spiro atoms. The zero-order valence-electron chi connectivity index (χ0n) is 11.5. The van der Waals surface area contributed by atoms with Crippen molar-refractivity contribution in [3.63, 3.8) is 0 Å². The molecule has 1 fully saturated rings. The van der Waals surface area contributed by atoms with Crippen molar-refractivity contribution in [1.29, 1.82) is 0 Å². The number of carbonyl (C=O) groups is 1. The molecule has 1 heterocycles. The molecule has 1 aliphatic rings. The molecule has 1 aromatic rings. The van der Waals surface area contributed by atoms with Gasteiger partial charge in [0.05, 0.1) is 13.0 Å². The van der Waals surface area contributed by atoms with Crippen molar-refractivity contribution >= 4 is 5.97 Å². The number of aliphatic carboxylic acids is 1. The van der Waals surface area contributed by atoms with Gasteiger partial charge in [-0.15, -0.1) is 0 Å². The maximum Gasteiger partial charge on any atom is 0.311 e. The van der Waals surface area contributed by atoms with Crippen LogP contribution in [-0.2, 0) is 11.2 Å². The number of benzene rings is 1. The Balaban J connectivity index is 2.41. The van der Waals surface area contributed by atoms with E-state index in [9.17, 15) is 9.90 Å². The van der Waals surface area contributed by atoms with E-state index in [1.165, 1.54) is 0 Å². The molecule has 1 saturated heterocycles. The molecule has 0 aromatic heterocycles. The summed E-state index contributed by atoms with van der Waals surface area (Å²) >= 11 is 0. The molecule has 19 heavy (non-hydrogen) atoms. The highest BCUT2D eigenvalue weighted by atomic mass is 16.5. The molecule has 0 radical (unpaired) electrons. The minimum atomic E-state index is -0.764. The molecule has 104 valence electrons. The van der Waals surface area contributed by atoms with E-state index in [0.29, 0.717) is 5.75 Å². The van der Waals surface area contributed by atoms with Gasteiger partial charge in [0.1, 0.15) is 5.75 Å². The number of ether oxygens (including phenoxy) is 1. The first-order valence-corrected chi connectivity index (χ1v) is 6.77. The molecule has 1 aliphatic heterocycles. The van der Waals surface area contributed by atoms with Gasteiger partial charge in [0.2, 0.25) is 0 Å². The zero-order valence-corrected chi connectivity index (χ0v) is 11.5. The number of carboxylic acid groups (broad SMARTS) is 1. The third kappa shape index (κ3) is 2.89. The highest BCUT2D eigenvalue weighted by Crippen LogP contribution is 2.35. The fraction of sp³-hybridized carbons (Fsp3) is 0.533. The molecular formula is C15H21NO3. The Labute approximate surface area is 113 Å². The lowest BCUT2D eigenvalue weighted by atomic mass is 9.84. The van der Waals surface area contributed by atoms with Gasteiger partial charge in [-0.2, -0.15) is 0 Å². The van der Waals surface area contributed by atoms with Crippen molar-refractivity contribution in [2.24, 2.45) is 5.92 Å². The van der Waals surface area contributed by atoms with Crippen LogP contribution in [0.15, 0.2) is 18.2 Å². The van der Waals surface area contributed by atoms with Crippen LogP contribution in [0.4, 0.5) is 0 Å². The Kier molecular flexibility index (Phi) is 4.43. The Morgan fingerprint density at radius 2 is 2.37 bits per heavy atom. The normalized spacial score (nSPS) is 20.2. The fourth-order valence-corrected chi connectivity index (χ4v) is 2.80. The van der Waals surface area contributed by atoms with E-state index in [0.717, 1.165) is 37.1 Å². The van der Waals surface area contributed by atoms with Gasteiger partial charge < -0.3 is 15.2 Å². The molecule has 0 aliphatic carbocycles. The Morgan fingerprint density at radius 3 is 2.89 bits per heavy atom. The summed E-state index contributed by atoms with van der Waals surface area (Å²) in [5, 5.41) is 12.8. The third-order valence-corrected chi connectivity index (χ3v) is 3.87. The molecule has 2 atom stereocenters. The molecule has 1 aromatic carbocycles. The number of methoxy groups -OCH3 is 1. The van der Waals surface area contributed by atoms with Gasteiger partial charge in [0.25, 0.3) is 0 Å². The lowest BCUT2D eigenvalue weighted by Crippen LogP contribution is -2.24. The molecule has 4 nitrogen and oxygen atoms in total. The molecule has 2 rings (SSSR count). The quantitative estimate of drug-likeness (QED) is 0.853. The molecule has 4 heteroatoms. The predicted octanol–water partition coefficient (Wildman–Crippen LogP) is 2.04. The topological polar surface area (TPSA) is 58.6 Å². The number of nitrogens with one attached hydrogen (secondary N) is 1. The first-order chi connectivity index (χ1) is 9.17. The van der Waals surface area contributed by atoms with Gasteiger partial charge in [-0.25, -0.2) is 0 Å². The van der Waals surface area contributed by atoms with Crippen LogP contribution in [0.1, 0.15) is 30.4 Å². The summed E-state index contributed by atoms with van der Waals surface area (Å²) < 4.78 is 5.35. The number of carboxylic acids is 1. The zero-order chi connectivity index (χ0) is 13.8. The van der Waals surface area contributed by atoms with Gasteiger partial charge >= 0.3 is 5.97 Å². The van der Waals surface area contributed by atoms with Crippen molar-refractivity contribution in [2.45, 2.75) is 25.7 Å². The smallest absolute Gasteiger partial charge is 0.311 e. The summed E-state index contributed by atoms with van der Waals surface area (Å²) in [6.45, 7) is 3.72. The van der Waals surface area contributed by atoms with Crippen LogP contribution >= 0.6 is 0 Å². The van der Waals surface area contributed by atoms with Crippen molar-refractivity contribution in [3.8, 4) is 5.75 Å². The summed E-state index contributed by atoms with van der Waals surface area (Å²) in [4.78, 5) is 11.7. The summed E-state index contributed by atoms with van der Waals surface area (Å²) in [7, 11) is 1.59. The van der Waals surface area contributed by atoms with E-state index in [1.54, 1.807) is 7.11 Å². The van der Waals surface area contributed by atoms with Crippen LogP contribution < -0.4 is 10.1 Å². The highest BCUT2D eigenvalue weighted by Gasteiger charge is 2.33. The second-order valence-corrected chi connectivity index (χ2v) is 5.00. The van der Waals surface area contributed by atoms with Crippen LogP contribution in [0.3, 0.4) is 0 Å². The minimum Gasteiger partial charge on any atom is -0.496 e. The van der Waals surface area contributed by atoms with Crippen LogP contribution in [0.2, 0.25) is 0 Å². The van der Waals surface area contributed by atoms with Crippen LogP contribution in [0.25, 0.3) is 0 Å². The van der Waals surface area contributed by atoms with Crippen molar-refractivity contribution < 1.29 is 14.6 Å². The lowest BCUT2D eigenvalue weighted by molar-refractivity contribution is -0.140. The monoisotopic (exact) mass is 263 g/mol. The third-order valence-electron chi connectivity index (χ3n) is 3.87. The van der Waals surface area contributed by atoms with E-state index >= 15 is 0 Å². The van der Waals surface area contributed by atoms with E-state index < -0.39 is 11.9 Å². The largest absolute Gasteiger partial charge is 0.496 e. The molecule has 0 saturated carbocycles. The molecule has 0 bridgehead atoms. The van der Waals surface area contributed by atoms with Crippen LogP contribution in [0, 0.1) is 5.92 Å². The predicted molar refractivity (Wildman–Crippen MR) is 73.7 cm³/mol. The maximum atomic E-state index is 11.7. The second-order valence-electron chi connectivity index (χ2n) is 5.00. The van der Waals surface area contributed by atoms with Crippen LogP contribution in [-0.4, -0.2) is 31.3 Å². The molecule has 0 amide bonds. The van der Waals surface area contributed by atoms with Crippen molar-refractivity contribution in [1.82, 2.24) is 5.32 Å². The van der Waals surface area contributed by atoms with Gasteiger partial charge in [0.15, 0.2) is 0 Å². The Hall–Kier alpha value is -1.55. The standard InChI is InChI=1S/C15H21NO3/c1-3-10-4-5-13(19-2)12(8-10)14(15(17)18)11-6-7-16-9-11/h4-5,8,11,14,16H,3,6-7,9H2,1-2H3,(H,17,18). The summed E-state index contributed by atoms with van der Waals surface area (Å²) in [5.74, 6) is -0.438. The summed E-state index contributed by atoms with van der Waals surface area (Å²) in [6, 6.07) is 5.86. The molecular weight excluding hydrogens is 242 g/mol. The van der Waals surface area contributed by atoms with Crippen LogP contribution in [0.5, 0.6) is 5.75 Å². The maximum absolute atomic E-state index is 11.7. The Bertz CT molecular complexity index is 453. The first kappa shape index (κ1) is 13.9. The highest BCUT2D eigenvalue weighted by molar-refractivity contribution is 5.78. The van der Waals surface area contributed by atoms with E-state index in [1.807, 2.05) is 18.2 Å².